The number of hydrogen-bond acceptors (Lipinski definition) is 5. The number of nitrogens with zero attached hydrogens (tertiary/aromatic N) is 2. The predicted octanol–water partition coefficient (Wildman–Crippen LogP) is -1.05. The van der Waals surface area contributed by atoms with E-state index in [1.54, 1.807) is 4.90 Å². The summed E-state index contributed by atoms with van der Waals surface area (Å²) in [4.78, 5) is 49.8. The smallest absolute Gasteiger partial charge is 0.331 e. The summed E-state index contributed by atoms with van der Waals surface area (Å²) in [5, 5.41) is 2.08. The highest BCUT2D eigenvalue weighted by atomic mass is 16.5. The fourth-order valence-corrected chi connectivity index (χ4v) is 2.22. The third-order valence-corrected chi connectivity index (χ3v) is 3.52. The molecule has 0 saturated carbocycles. The normalized spacial score (nSPS) is 25.5. The van der Waals surface area contributed by atoms with E-state index in [0.29, 0.717) is 26.3 Å². The summed E-state index contributed by atoms with van der Waals surface area (Å²) >= 11 is 0. The van der Waals surface area contributed by atoms with E-state index in [1.807, 2.05) is 0 Å². The number of amides is 5. The highest BCUT2D eigenvalue weighted by Gasteiger charge is 2.42. The van der Waals surface area contributed by atoms with Gasteiger partial charge in [-0.2, -0.15) is 0 Å². The minimum Gasteiger partial charge on any atom is -0.378 e. The Labute approximate surface area is 116 Å². The van der Waals surface area contributed by atoms with Crippen molar-refractivity contribution in [2.24, 2.45) is 5.92 Å². The van der Waals surface area contributed by atoms with Gasteiger partial charge in [-0.3, -0.25) is 24.6 Å². The molecule has 2 aliphatic heterocycles. The second-order valence-corrected chi connectivity index (χ2v) is 4.84. The Morgan fingerprint density at radius 3 is 2.50 bits per heavy atom. The SMILES string of the molecule is CC1C(=O)NC(=O)N(C(C)C(=O)N2CCOCC2)C1=O. The van der Waals surface area contributed by atoms with Crippen LogP contribution in [0.2, 0.25) is 0 Å². The van der Waals surface area contributed by atoms with Crippen LogP contribution in [-0.2, 0) is 19.1 Å². The fraction of sp³-hybridized carbons (Fsp3) is 0.667. The molecule has 2 heterocycles. The number of hydrogen-bond donors (Lipinski definition) is 1. The standard InChI is InChI=1S/C12H17N3O5/c1-7-9(16)13-12(19)15(10(7)17)8(2)11(18)14-3-5-20-6-4-14/h7-8H,3-6H2,1-2H3,(H,13,16,19). The van der Waals surface area contributed by atoms with E-state index in [0.717, 1.165) is 4.90 Å². The van der Waals surface area contributed by atoms with Crippen LogP contribution in [0.4, 0.5) is 4.79 Å². The molecule has 2 rings (SSSR count). The van der Waals surface area contributed by atoms with Crippen molar-refractivity contribution in [2.75, 3.05) is 26.3 Å². The maximum Gasteiger partial charge on any atom is 0.331 e. The molecule has 0 aliphatic carbocycles. The Hall–Kier alpha value is -1.96. The van der Waals surface area contributed by atoms with Gasteiger partial charge >= 0.3 is 6.03 Å². The van der Waals surface area contributed by atoms with Crippen molar-refractivity contribution >= 4 is 23.8 Å². The second kappa shape index (κ2) is 5.58. The van der Waals surface area contributed by atoms with Crippen LogP contribution in [0.15, 0.2) is 0 Å². The average Bonchev–Trinajstić information content (AvgIpc) is 2.45. The zero-order valence-corrected chi connectivity index (χ0v) is 11.4. The number of barbiturate groups is 1. The summed E-state index contributed by atoms with van der Waals surface area (Å²) in [6.07, 6.45) is 0. The molecule has 20 heavy (non-hydrogen) atoms. The van der Waals surface area contributed by atoms with Gasteiger partial charge in [-0.1, -0.05) is 0 Å². The van der Waals surface area contributed by atoms with Crippen molar-refractivity contribution in [1.82, 2.24) is 15.1 Å². The number of urea groups is 1. The van der Waals surface area contributed by atoms with Crippen molar-refractivity contribution in [3.63, 3.8) is 0 Å². The first-order valence-electron chi connectivity index (χ1n) is 6.48. The maximum atomic E-state index is 12.3. The van der Waals surface area contributed by atoms with Gasteiger partial charge in [0.1, 0.15) is 12.0 Å². The average molecular weight is 283 g/mol. The second-order valence-electron chi connectivity index (χ2n) is 4.84. The van der Waals surface area contributed by atoms with Crippen LogP contribution in [0, 0.1) is 5.92 Å². The van der Waals surface area contributed by atoms with Gasteiger partial charge in [0.15, 0.2) is 0 Å². The molecule has 110 valence electrons. The van der Waals surface area contributed by atoms with E-state index in [9.17, 15) is 19.2 Å². The predicted molar refractivity (Wildman–Crippen MR) is 66.4 cm³/mol. The first-order chi connectivity index (χ1) is 9.43. The van der Waals surface area contributed by atoms with Gasteiger partial charge < -0.3 is 9.64 Å². The summed E-state index contributed by atoms with van der Waals surface area (Å²) in [5.41, 5.74) is 0. The molecule has 0 radical (unpaired) electrons. The molecule has 2 saturated heterocycles. The zero-order valence-electron chi connectivity index (χ0n) is 11.4. The molecule has 0 bridgehead atoms. The maximum absolute atomic E-state index is 12.3. The van der Waals surface area contributed by atoms with E-state index in [1.165, 1.54) is 13.8 Å². The van der Waals surface area contributed by atoms with E-state index in [-0.39, 0.29) is 5.91 Å². The largest absolute Gasteiger partial charge is 0.378 e. The van der Waals surface area contributed by atoms with Crippen LogP contribution in [0.5, 0.6) is 0 Å². The number of carbonyl (C=O) groups is 4. The lowest BCUT2D eigenvalue weighted by Crippen LogP contribution is -2.63. The molecule has 8 nitrogen and oxygen atoms in total. The first kappa shape index (κ1) is 14.4. The highest BCUT2D eigenvalue weighted by Crippen LogP contribution is 2.15. The van der Waals surface area contributed by atoms with Crippen molar-refractivity contribution in [3.05, 3.63) is 0 Å². The lowest BCUT2D eigenvalue weighted by Gasteiger charge is -2.36. The number of rotatable bonds is 2. The van der Waals surface area contributed by atoms with Crippen molar-refractivity contribution in [3.8, 4) is 0 Å². The van der Waals surface area contributed by atoms with E-state index >= 15 is 0 Å². The molecule has 0 aromatic heterocycles. The van der Waals surface area contributed by atoms with Crippen LogP contribution in [0.3, 0.4) is 0 Å². The Kier molecular flexibility index (Phi) is 4.03. The van der Waals surface area contributed by atoms with Crippen LogP contribution < -0.4 is 5.32 Å². The Morgan fingerprint density at radius 2 is 1.90 bits per heavy atom. The highest BCUT2D eigenvalue weighted by molar-refractivity contribution is 6.17. The molecule has 2 aliphatic rings. The lowest BCUT2D eigenvalue weighted by molar-refractivity contribution is -0.150. The quantitative estimate of drug-likeness (QED) is 0.652. The summed E-state index contributed by atoms with van der Waals surface area (Å²) in [5.74, 6) is -2.57. The monoisotopic (exact) mass is 283 g/mol. The summed E-state index contributed by atoms with van der Waals surface area (Å²) < 4.78 is 5.15. The molecule has 0 aromatic carbocycles. The van der Waals surface area contributed by atoms with Gasteiger partial charge in [0, 0.05) is 13.1 Å². The van der Waals surface area contributed by atoms with Gasteiger partial charge in [-0.25, -0.2) is 4.79 Å². The molecule has 1 N–H and O–H groups in total. The summed E-state index contributed by atoms with van der Waals surface area (Å²) in [7, 11) is 0. The molecule has 2 atom stereocenters. The molecule has 5 amide bonds. The van der Waals surface area contributed by atoms with E-state index in [4.69, 9.17) is 4.74 Å². The van der Waals surface area contributed by atoms with E-state index < -0.39 is 29.8 Å². The minimum absolute atomic E-state index is 0.321. The Morgan fingerprint density at radius 1 is 1.30 bits per heavy atom. The van der Waals surface area contributed by atoms with Crippen LogP contribution in [0.25, 0.3) is 0 Å². The topological polar surface area (TPSA) is 96.0 Å². The molecular formula is C12H17N3O5. The Bertz CT molecular complexity index is 458. The molecule has 0 aromatic rings. The number of morpholine rings is 1. The Balaban J connectivity index is 2.12. The summed E-state index contributed by atoms with van der Waals surface area (Å²) in [6, 6.07) is -1.77. The van der Waals surface area contributed by atoms with Crippen LogP contribution >= 0.6 is 0 Å². The fourth-order valence-electron chi connectivity index (χ4n) is 2.22. The zero-order chi connectivity index (χ0) is 14.9. The number of imide groups is 2. The van der Waals surface area contributed by atoms with Gasteiger partial charge in [0.2, 0.25) is 17.7 Å². The number of carbonyl (C=O) groups excluding carboxylic acids is 4. The van der Waals surface area contributed by atoms with Crippen LogP contribution in [0.1, 0.15) is 13.8 Å². The molecule has 8 heteroatoms. The number of ether oxygens (including phenoxy) is 1. The van der Waals surface area contributed by atoms with Crippen LogP contribution in [-0.4, -0.2) is 65.9 Å². The minimum atomic E-state index is -0.965. The van der Waals surface area contributed by atoms with Gasteiger partial charge in [-0.05, 0) is 13.8 Å². The number of nitrogens with one attached hydrogen (secondary N) is 1. The van der Waals surface area contributed by atoms with Gasteiger partial charge in [0.25, 0.3) is 0 Å². The molecule has 2 fully saturated rings. The van der Waals surface area contributed by atoms with Crippen molar-refractivity contribution < 1.29 is 23.9 Å². The first-order valence-corrected chi connectivity index (χ1v) is 6.48. The third-order valence-electron chi connectivity index (χ3n) is 3.52. The molecule has 0 spiro atoms. The lowest BCUT2D eigenvalue weighted by atomic mass is 10.1. The van der Waals surface area contributed by atoms with Crippen molar-refractivity contribution in [1.29, 1.82) is 0 Å². The summed E-state index contributed by atoms with van der Waals surface area (Å²) in [6.45, 7) is 4.63. The van der Waals surface area contributed by atoms with E-state index in [2.05, 4.69) is 5.32 Å². The third kappa shape index (κ3) is 2.51. The van der Waals surface area contributed by atoms with Crippen molar-refractivity contribution in [2.45, 2.75) is 19.9 Å². The van der Waals surface area contributed by atoms with Gasteiger partial charge in [-0.15, -0.1) is 0 Å². The molecular weight excluding hydrogens is 266 g/mol. The van der Waals surface area contributed by atoms with Gasteiger partial charge in [0.05, 0.1) is 13.2 Å². The molecule has 2 unspecified atom stereocenters.